The number of alkyl halides is 3. The average molecular weight is 440 g/mol. The molecule has 12 heteroatoms. The number of piperidine rings is 1. The average Bonchev–Trinajstić information content (AvgIpc) is 3.23. The molecular weight excluding hydrogens is 417 g/mol. The molecule has 1 atom stereocenters. The first kappa shape index (κ1) is 22.7. The fraction of sp³-hybridized carbons (Fsp3) is 0.526. The summed E-state index contributed by atoms with van der Waals surface area (Å²) in [5.41, 5.74) is 1.08. The summed E-state index contributed by atoms with van der Waals surface area (Å²) < 4.78 is 33.8. The van der Waals surface area contributed by atoms with Gasteiger partial charge in [0.15, 0.2) is 0 Å². The lowest BCUT2D eigenvalue weighted by Crippen LogP contribution is -2.46. The zero-order chi connectivity index (χ0) is 22.4. The van der Waals surface area contributed by atoms with E-state index < -0.39 is 12.1 Å². The topological polar surface area (TPSA) is 104 Å². The Morgan fingerprint density at radius 3 is 2.35 bits per heavy atom. The molecule has 1 N–H and O–H groups in total. The molecule has 1 unspecified atom stereocenters. The third-order valence-electron chi connectivity index (χ3n) is 5.09. The minimum absolute atomic E-state index is 0.105. The molecule has 0 aliphatic carbocycles. The van der Waals surface area contributed by atoms with Gasteiger partial charge in [-0.05, 0) is 38.1 Å². The van der Waals surface area contributed by atoms with Gasteiger partial charge in [0.05, 0.1) is 18.3 Å². The molecular formula is C19H23F3N6O3. The third kappa shape index (κ3) is 6.00. The zero-order valence-corrected chi connectivity index (χ0v) is 16.7. The number of hydrogen-bond donors (Lipinski definition) is 1. The van der Waals surface area contributed by atoms with E-state index in [1.807, 2.05) is 17.2 Å². The standard InChI is InChI=1S/C17H22N6O.C2HF3O2/c24-17(16-18-6-4-7-19-16)22-12-14-5-8-20-23(14)15(13-22)11-21-9-2-1-3-10-21;3-2(4,5)1(6)7/h4-8,15H,1-3,9-13H2;(H,6,7). The van der Waals surface area contributed by atoms with Crippen molar-refractivity contribution >= 4 is 11.9 Å². The Morgan fingerprint density at radius 1 is 1.10 bits per heavy atom. The lowest BCUT2D eigenvalue weighted by atomic mass is 10.1. The van der Waals surface area contributed by atoms with Crippen molar-refractivity contribution in [1.82, 2.24) is 29.5 Å². The summed E-state index contributed by atoms with van der Waals surface area (Å²) in [5, 5.41) is 11.6. The van der Waals surface area contributed by atoms with Crippen LogP contribution in [0, 0.1) is 0 Å². The summed E-state index contributed by atoms with van der Waals surface area (Å²) in [6, 6.07) is 3.91. The first-order valence-corrected chi connectivity index (χ1v) is 9.87. The molecule has 0 spiro atoms. The Balaban J connectivity index is 0.000000339. The molecule has 31 heavy (non-hydrogen) atoms. The van der Waals surface area contributed by atoms with Crippen LogP contribution in [0.3, 0.4) is 0 Å². The quantitative estimate of drug-likeness (QED) is 0.778. The van der Waals surface area contributed by atoms with Gasteiger partial charge in [-0.25, -0.2) is 14.8 Å². The zero-order valence-electron chi connectivity index (χ0n) is 16.7. The molecule has 2 aromatic rings. The number of carbonyl (C=O) groups excluding carboxylic acids is 1. The van der Waals surface area contributed by atoms with E-state index in [1.165, 1.54) is 19.3 Å². The Morgan fingerprint density at radius 2 is 1.74 bits per heavy atom. The maximum atomic E-state index is 12.7. The van der Waals surface area contributed by atoms with Crippen LogP contribution < -0.4 is 0 Å². The van der Waals surface area contributed by atoms with Crippen LogP contribution in [0.1, 0.15) is 41.6 Å². The van der Waals surface area contributed by atoms with E-state index in [9.17, 15) is 18.0 Å². The van der Waals surface area contributed by atoms with Crippen LogP contribution in [0.2, 0.25) is 0 Å². The van der Waals surface area contributed by atoms with Gasteiger partial charge in [-0.15, -0.1) is 0 Å². The normalized spacial score (nSPS) is 19.2. The van der Waals surface area contributed by atoms with E-state index in [0.29, 0.717) is 13.1 Å². The van der Waals surface area contributed by atoms with Crippen LogP contribution in [-0.4, -0.2) is 78.9 Å². The van der Waals surface area contributed by atoms with Crippen LogP contribution in [0.15, 0.2) is 30.7 Å². The SMILES string of the molecule is O=C(O)C(F)(F)F.O=C(c1ncccn1)N1Cc2ccnn2C(CN2CCCCC2)C1. The molecule has 0 radical (unpaired) electrons. The maximum absolute atomic E-state index is 12.7. The van der Waals surface area contributed by atoms with Crippen LogP contribution in [0.25, 0.3) is 0 Å². The lowest BCUT2D eigenvalue weighted by Gasteiger charge is -2.37. The second kappa shape index (κ2) is 9.86. The molecule has 4 heterocycles. The Bertz CT molecular complexity index is 884. The Kier molecular flexibility index (Phi) is 7.21. The summed E-state index contributed by atoms with van der Waals surface area (Å²) in [6.07, 6.45) is 3.81. The number of likely N-dealkylation sites (tertiary alicyclic amines) is 1. The van der Waals surface area contributed by atoms with Crippen molar-refractivity contribution in [2.75, 3.05) is 26.2 Å². The molecule has 1 fully saturated rings. The molecule has 2 aromatic heterocycles. The molecule has 2 aliphatic rings. The van der Waals surface area contributed by atoms with Gasteiger partial charge in [0.1, 0.15) is 0 Å². The number of nitrogens with zero attached hydrogens (tertiary/aromatic N) is 6. The smallest absolute Gasteiger partial charge is 0.475 e. The van der Waals surface area contributed by atoms with Crippen molar-refractivity contribution in [3.8, 4) is 0 Å². The monoisotopic (exact) mass is 440 g/mol. The van der Waals surface area contributed by atoms with Crippen molar-refractivity contribution in [1.29, 1.82) is 0 Å². The van der Waals surface area contributed by atoms with Gasteiger partial charge in [-0.3, -0.25) is 9.48 Å². The minimum Gasteiger partial charge on any atom is -0.475 e. The highest BCUT2D eigenvalue weighted by atomic mass is 19.4. The number of hydrogen-bond acceptors (Lipinski definition) is 6. The molecule has 2 aliphatic heterocycles. The molecule has 168 valence electrons. The number of carboxylic acid groups (broad SMARTS) is 1. The van der Waals surface area contributed by atoms with E-state index in [1.54, 1.807) is 18.5 Å². The molecule has 1 amide bonds. The van der Waals surface area contributed by atoms with Crippen molar-refractivity contribution in [2.45, 2.75) is 38.0 Å². The van der Waals surface area contributed by atoms with Gasteiger partial charge in [0.2, 0.25) is 5.82 Å². The van der Waals surface area contributed by atoms with E-state index in [2.05, 4.69) is 24.6 Å². The highest BCUT2D eigenvalue weighted by molar-refractivity contribution is 5.90. The second-order valence-corrected chi connectivity index (χ2v) is 7.34. The van der Waals surface area contributed by atoms with Crippen LogP contribution in [0.5, 0.6) is 0 Å². The van der Waals surface area contributed by atoms with Crippen molar-refractivity contribution in [3.63, 3.8) is 0 Å². The van der Waals surface area contributed by atoms with E-state index >= 15 is 0 Å². The predicted octanol–water partition coefficient (Wildman–Crippen LogP) is 1.99. The Hall–Kier alpha value is -3.02. The maximum Gasteiger partial charge on any atom is 0.490 e. The largest absolute Gasteiger partial charge is 0.490 e. The van der Waals surface area contributed by atoms with Gasteiger partial charge in [-0.2, -0.15) is 18.3 Å². The van der Waals surface area contributed by atoms with E-state index in [0.717, 1.165) is 25.3 Å². The Labute approximate surface area is 176 Å². The third-order valence-corrected chi connectivity index (χ3v) is 5.09. The highest BCUT2D eigenvalue weighted by Crippen LogP contribution is 2.23. The number of amides is 1. The number of halogens is 3. The molecule has 0 aromatic carbocycles. The number of aromatic nitrogens is 4. The van der Waals surface area contributed by atoms with Gasteiger partial charge in [-0.1, -0.05) is 6.42 Å². The van der Waals surface area contributed by atoms with E-state index in [4.69, 9.17) is 9.90 Å². The van der Waals surface area contributed by atoms with Gasteiger partial charge in [0, 0.05) is 31.7 Å². The van der Waals surface area contributed by atoms with Gasteiger partial charge < -0.3 is 14.9 Å². The van der Waals surface area contributed by atoms with Crippen molar-refractivity contribution in [3.05, 3.63) is 42.2 Å². The van der Waals surface area contributed by atoms with Crippen molar-refractivity contribution < 1.29 is 27.9 Å². The number of carbonyl (C=O) groups is 2. The predicted molar refractivity (Wildman–Crippen MR) is 102 cm³/mol. The highest BCUT2D eigenvalue weighted by Gasteiger charge is 2.38. The lowest BCUT2D eigenvalue weighted by molar-refractivity contribution is -0.192. The summed E-state index contributed by atoms with van der Waals surface area (Å²) >= 11 is 0. The molecule has 1 saturated heterocycles. The van der Waals surface area contributed by atoms with Gasteiger partial charge in [0.25, 0.3) is 5.91 Å². The van der Waals surface area contributed by atoms with Crippen LogP contribution >= 0.6 is 0 Å². The second-order valence-electron chi connectivity index (χ2n) is 7.34. The fourth-order valence-electron chi connectivity index (χ4n) is 3.67. The van der Waals surface area contributed by atoms with Crippen LogP contribution in [0.4, 0.5) is 13.2 Å². The summed E-state index contributed by atoms with van der Waals surface area (Å²) in [7, 11) is 0. The van der Waals surface area contributed by atoms with Gasteiger partial charge >= 0.3 is 12.1 Å². The molecule has 0 bridgehead atoms. The summed E-state index contributed by atoms with van der Waals surface area (Å²) in [4.78, 5) is 34.2. The first-order valence-electron chi connectivity index (χ1n) is 9.87. The molecule has 0 saturated carbocycles. The number of rotatable bonds is 3. The number of aliphatic carboxylic acids is 1. The summed E-state index contributed by atoms with van der Waals surface area (Å²) in [5.74, 6) is -2.60. The fourth-order valence-corrected chi connectivity index (χ4v) is 3.67. The molecule has 9 nitrogen and oxygen atoms in total. The van der Waals surface area contributed by atoms with Crippen molar-refractivity contribution in [2.24, 2.45) is 0 Å². The molecule has 4 rings (SSSR count). The van der Waals surface area contributed by atoms with Crippen LogP contribution in [-0.2, 0) is 11.3 Å². The van der Waals surface area contributed by atoms with E-state index in [-0.39, 0.29) is 17.8 Å². The number of carboxylic acids is 1. The summed E-state index contributed by atoms with van der Waals surface area (Å²) in [6.45, 7) is 4.44. The minimum atomic E-state index is -5.08. The number of fused-ring (bicyclic) bond motifs is 1. The first-order chi connectivity index (χ1) is 14.8.